The molecule has 12 heavy (non-hydrogen) atoms. The molecule has 0 heterocycles. The Labute approximate surface area is 78.1 Å². The van der Waals surface area contributed by atoms with Gasteiger partial charge in [-0.05, 0) is 17.9 Å². The summed E-state index contributed by atoms with van der Waals surface area (Å²) in [4.78, 5) is 0. The zero-order valence-corrected chi connectivity index (χ0v) is 8.14. The van der Waals surface area contributed by atoms with Crippen LogP contribution < -0.4 is 4.74 Å². The smallest absolute Gasteiger partial charge is 0.119 e. The first-order valence-electron chi connectivity index (χ1n) is 4.19. The summed E-state index contributed by atoms with van der Waals surface area (Å²) in [6, 6.07) is 9.94. The van der Waals surface area contributed by atoms with Gasteiger partial charge in [-0.1, -0.05) is 25.1 Å². The van der Waals surface area contributed by atoms with Crippen LogP contribution in [0.15, 0.2) is 30.3 Å². The molecule has 0 aliphatic carbocycles. The SMILES string of the molecule is CCSCCOc1ccccc1. The van der Waals surface area contributed by atoms with Gasteiger partial charge in [-0.25, -0.2) is 0 Å². The minimum absolute atomic E-state index is 0.808. The Balaban J connectivity index is 2.16. The summed E-state index contributed by atoms with van der Waals surface area (Å²) in [7, 11) is 0. The largest absolute Gasteiger partial charge is 0.493 e. The quantitative estimate of drug-likeness (QED) is 0.648. The first-order valence-corrected chi connectivity index (χ1v) is 5.34. The second-order valence-electron chi connectivity index (χ2n) is 2.36. The Morgan fingerprint density at radius 2 is 2.00 bits per heavy atom. The zero-order chi connectivity index (χ0) is 8.65. The molecule has 0 N–H and O–H groups in total. The van der Waals surface area contributed by atoms with Gasteiger partial charge in [0.2, 0.25) is 0 Å². The molecule has 0 saturated heterocycles. The molecule has 1 nitrogen and oxygen atoms in total. The summed E-state index contributed by atoms with van der Waals surface area (Å²) < 4.78 is 5.49. The van der Waals surface area contributed by atoms with Crippen molar-refractivity contribution in [2.45, 2.75) is 6.92 Å². The summed E-state index contributed by atoms with van der Waals surface area (Å²) in [5.41, 5.74) is 0. The predicted octanol–water partition coefficient (Wildman–Crippen LogP) is 2.82. The highest BCUT2D eigenvalue weighted by atomic mass is 32.2. The first-order chi connectivity index (χ1) is 5.93. The summed E-state index contributed by atoms with van der Waals surface area (Å²) in [5, 5.41) is 0. The van der Waals surface area contributed by atoms with Crippen LogP contribution in [0.2, 0.25) is 0 Å². The fourth-order valence-corrected chi connectivity index (χ4v) is 1.37. The van der Waals surface area contributed by atoms with Crippen molar-refractivity contribution in [2.75, 3.05) is 18.1 Å². The highest BCUT2D eigenvalue weighted by molar-refractivity contribution is 7.99. The third kappa shape index (κ3) is 3.67. The Kier molecular flexibility index (Phi) is 4.69. The van der Waals surface area contributed by atoms with Crippen LogP contribution in [0.1, 0.15) is 6.92 Å². The molecule has 1 aromatic rings. The normalized spacial score (nSPS) is 9.75. The van der Waals surface area contributed by atoms with Crippen LogP contribution in [0, 0.1) is 0 Å². The van der Waals surface area contributed by atoms with E-state index in [2.05, 4.69) is 6.92 Å². The van der Waals surface area contributed by atoms with Crippen molar-refractivity contribution in [1.29, 1.82) is 0 Å². The van der Waals surface area contributed by atoms with Crippen molar-refractivity contribution < 1.29 is 4.74 Å². The highest BCUT2D eigenvalue weighted by Gasteiger charge is 1.89. The van der Waals surface area contributed by atoms with E-state index in [1.807, 2.05) is 42.1 Å². The molecular weight excluding hydrogens is 168 g/mol. The lowest BCUT2D eigenvalue weighted by molar-refractivity contribution is 0.344. The second-order valence-corrected chi connectivity index (χ2v) is 3.75. The molecule has 0 atom stereocenters. The average Bonchev–Trinajstić information content (AvgIpc) is 2.14. The molecule has 0 aliphatic rings. The van der Waals surface area contributed by atoms with Crippen LogP contribution in [0.5, 0.6) is 5.75 Å². The first kappa shape index (κ1) is 9.46. The summed E-state index contributed by atoms with van der Waals surface area (Å²) in [5.74, 6) is 3.21. The topological polar surface area (TPSA) is 9.23 Å². The molecular formula is C10H14OS. The third-order valence-electron chi connectivity index (χ3n) is 1.44. The van der Waals surface area contributed by atoms with Crippen molar-refractivity contribution in [3.8, 4) is 5.75 Å². The molecule has 0 bridgehead atoms. The van der Waals surface area contributed by atoms with E-state index < -0.39 is 0 Å². The van der Waals surface area contributed by atoms with Crippen molar-refractivity contribution in [3.63, 3.8) is 0 Å². The molecule has 0 fully saturated rings. The van der Waals surface area contributed by atoms with Gasteiger partial charge in [0, 0.05) is 5.75 Å². The van der Waals surface area contributed by atoms with E-state index in [1.165, 1.54) is 0 Å². The number of para-hydroxylation sites is 1. The molecule has 66 valence electrons. The molecule has 0 unspecified atom stereocenters. The number of thioether (sulfide) groups is 1. The molecule has 0 aliphatic heterocycles. The number of hydrogen-bond acceptors (Lipinski definition) is 2. The number of hydrogen-bond donors (Lipinski definition) is 0. The van der Waals surface area contributed by atoms with Gasteiger partial charge in [0.05, 0.1) is 6.61 Å². The fraction of sp³-hybridized carbons (Fsp3) is 0.400. The zero-order valence-electron chi connectivity index (χ0n) is 7.32. The van der Waals surface area contributed by atoms with Crippen LogP contribution >= 0.6 is 11.8 Å². The molecule has 2 heteroatoms. The van der Waals surface area contributed by atoms with Gasteiger partial charge in [-0.3, -0.25) is 0 Å². The molecule has 0 amide bonds. The predicted molar refractivity (Wildman–Crippen MR) is 54.9 cm³/mol. The van der Waals surface area contributed by atoms with E-state index in [0.29, 0.717) is 0 Å². The van der Waals surface area contributed by atoms with Crippen LogP contribution in [0.4, 0.5) is 0 Å². The van der Waals surface area contributed by atoms with Crippen LogP contribution in [0.25, 0.3) is 0 Å². The number of ether oxygens (including phenoxy) is 1. The van der Waals surface area contributed by atoms with Gasteiger partial charge in [-0.15, -0.1) is 0 Å². The number of rotatable bonds is 5. The van der Waals surface area contributed by atoms with Crippen LogP contribution in [-0.4, -0.2) is 18.1 Å². The van der Waals surface area contributed by atoms with E-state index in [4.69, 9.17) is 4.74 Å². The standard InChI is InChI=1S/C10H14OS/c1-2-12-9-8-11-10-6-4-3-5-7-10/h3-7H,2,8-9H2,1H3. The maximum atomic E-state index is 5.49. The lowest BCUT2D eigenvalue weighted by Gasteiger charge is -2.03. The molecule has 0 aromatic heterocycles. The van der Waals surface area contributed by atoms with Crippen LogP contribution in [-0.2, 0) is 0 Å². The van der Waals surface area contributed by atoms with E-state index in [0.717, 1.165) is 23.9 Å². The van der Waals surface area contributed by atoms with Crippen molar-refractivity contribution >= 4 is 11.8 Å². The molecule has 0 radical (unpaired) electrons. The third-order valence-corrected chi connectivity index (χ3v) is 2.31. The van der Waals surface area contributed by atoms with Gasteiger partial charge in [0.25, 0.3) is 0 Å². The molecule has 1 rings (SSSR count). The lowest BCUT2D eigenvalue weighted by atomic mass is 10.3. The fourth-order valence-electron chi connectivity index (χ4n) is 0.880. The maximum Gasteiger partial charge on any atom is 0.119 e. The van der Waals surface area contributed by atoms with Gasteiger partial charge in [-0.2, -0.15) is 11.8 Å². The molecule has 0 spiro atoms. The Bertz CT molecular complexity index is 198. The van der Waals surface area contributed by atoms with E-state index >= 15 is 0 Å². The van der Waals surface area contributed by atoms with Gasteiger partial charge in [0.1, 0.15) is 5.75 Å². The highest BCUT2D eigenvalue weighted by Crippen LogP contribution is 2.08. The van der Waals surface area contributed by atoms with E-state index in [1.54, 1.807) is 0 Å². The van der Waals surface area contributed by atoms with Crippen molar-refractivity contribution in [1.82, 2.24) is 0 Å². The lowest BCUT2D eigenvalue weighted by Crippen LogP contribution is -1.99. The number of benzene rings is 1. The Morgan fingerprint density at radius 1 is 1.25 bits per heavy atom. The van der Waals surface area contributed by atoms with E-state index in [-0.39, 0.29) is 0 Å². The minimum Gasteiger partial charge on any atom is -0.493 e. The van der Waals surface area contributed by atoms with Gasteiger partial charge >= 0.3 is 0 Å². The van der Waals surface area contributed by atoms with Crippen molar-refractivity contribution in [2.24, 2.45) is 0 Å². The van der Waals surface area contributed by atoms with Crippen LogP contribution in [0.3, 0.4) is 0 Å². The van der Waals surface area contributed by atoms with Crippen molar-refractivity contribution in [3.05, 3.63) is 30.3 Å². The Morgan fingerprint density at radius 3 is 2.67 bits per heavy atom. The van der Waals surface area contributed by atoms with Gasteiger partial charge < -0.3 is 4.74 Å². The maximum absolute atomic E-state index is 5.49. The summed E-state index contributed by atoms with van der Waals surface area (Å²) >= 11 is 1.90. The summed E-state index contributed by atoms with van der Waals surface area (Å²) in [6.45, 7) is 2.97. The second kappa shape index (κ2) is 5.95. The monoisotopic (exact) mass is 182 g/mol. The Hall–Kier alpha value is -0.630. The molecule has 0 saturated carbocycles. The average molecular weight is 182 g/mol. The van der Waals surface area contributed by atoms with E-state index in [9.17, 15) is 0 Å². The van der Waals surface area contributed by atoms with Gasteiger partial charge in [0.15, 0.2) is 0 Å². The summed E-state index contributed by atoms with van der Waals surface area (Å²) in [6.07, 6.45) is 0. The molecule has 1 aromatic carbocycles. The minimum atomic E-state index is 0.808.